The van der Waals surface area contributed by atoms with Crippen LogP contribution in [0.1, 0.15) is 21.5 Å². The molecule has 4 rings (SSSR count). The van der Waals surface area contributed by atoms with Gasteiger partial charge in [-0.3, -0.25) is 9.78 Å². The molecule has 6 heteroatoms. The zero-order chi connectivity index (χ0) is 20.1. The number of nitrogens with zero attached hydrogens (tertiary/aromatic N) is 4. The Morgan fingerprint density at radius 3 is 2.48 bits per heavy atom. The summed E-state index contributed by atoms with van der Waals surface area (Å²) in [6, 6.07) is 16.0. The number of carbonyl (C=O) groups is 1. The van der Waals surface area contributed by atoms with E-state index in [1.807, 2.05) is 18.2 Å². The molecule has 6 nitrogen and oxygen atoms in total. The number of piperazine rings is 1. The lowest BCUT2D eigenvalue weighted by Gasteiger charge is -2.37. The molecule has 0 saturated carbocycles. The monoisotopic (exact) mass is 387 g/mol. The smallest absolute Gasteiger partial charge is 0.251 e. The molecular formula is C23H25N5O. The van der Waals surface area contributed by atoms with Gasteiger partial charge in [0.1, 0.15) is 5.82 Å². The van der Waals surface area contributed by atoms with Crippen LogP contribution in [0.3, 0.4) is 0 Å². The molecule has 1 fully saturated rings. The number of hydrogen-bond acceptors (Lipinski definition) is 5. The van der Waals surface area contributed by atoms with Crippen LogP contribution in [0.5, 0.6) is 0 Å². The van der Waals surface area contributed by atoms with E-state index in [0.29, 0.717) is 12.1 Å². The molecule has 2 aromatic heterocycles. The number of anilines is 2. The molecule has 148 valence electrons. The highest BCUT2D eigenvalue weighted by atomic mass is 16.1. The number of pyridine rings is 2. The van der Waals surface area contributed by atoms with Crippen molar-refractivity contribution in [2.75, 3.05) is 36.0 Å². The predicted molar refractivity (Wildman–Crippen MR) is 115 cm³/mol. The highest BCUT2D eigenvalue weighted by Gasteiger charge is 2.19. The lowest BCUT2D eigenvalue weighted by atomic mass is 10.2. The molecule has 0 atom stereocenters. The van der Waals surface area contributed by atoms with Crippen molar-refractivity contribution in [3.63, 3.8) is 0 Å². The van der Waals surface area contributed by atoms with Crippen molar-refractivity contribution in [3.05, 3.63) is 83.8 Å². The van der Waals surface area contributed by atoms with Gasteiger partial charge in [0.15, 0.2) is 0 Å². The van der Waals surface area contributed by atoms with Crippen LogP contribution in [0.15, 0.2) is 67.1 Å². The molecule has 1 N–H and O–H groups in total. The van der Waals surface area contributed by atoms with Crippen LogP contribution < -0.4 is 15.1 Å². The minimum absolute atomic E-state index is 0.0936. The molecular weight excluding hydrogens is 362 g/mol. The Labute approximate surface area is 171 Å². The topological polar surface area (TPSA) is 61.4 Å². The Kier molecular flexibility index (Phi) is 5.70. The minimum atomic E-state index is -0.0936. The molecule has 1 aromatic carbocycles. The Balaban J connectivity index is 1.37. The number of aromatic nitrogens is 2. The molecule has 3 aromatic rings. The van der Waals surface area contributed by atoms with E-state index < -0.39 is 0 Å². The van der Waals surface area contributed by atoms with Gasteiger partial charge in [0.05, 0.1) is 0 Å². The quantitative estimate of drug-likeness (QED) is 0.729. The van der Waals surface area contributed by atoms with Crippen LogP contribution in [0.25, 0.3) is 0 Å². The van der Waals surface area contributed by atoms with Gasteiger partial charge in [-0.1, -0.05) is 12.1 Å². The van der Waals surface area contributed by atoms with Gasteiger partial charge < -0.3 is 15.1 Å². The summed E-state index contributed by atoms with van der Waals surface area (Å²) in [6.45, 7) is 6.22. The summed E-state index contributed by atoms with van der Waals surface area (Å²) < 4.78 is 0. The van der Waals surface area contributed by atoms with E-state index in [0.717, 1.165) is 37.6 Å². The molecule has 3 heterocycles. The van der Waals surface area contributed by atoms with Crippen molar-refractivity contribution in [2.45, 2.75) is 13.5 Å². The Hall–Kier alpha value is -3.41. The van der Waals surface area contributed by atoms with Gasteiger partial charge in [-0.05, 0) is 54.4 Å². The molecule has 0 spiro atoms. The maximum atomic E-state index is 12.5. The summed E-state index contributed by atoms with van der Waals surface area (Å²) in [7, 11) is 0. The van der Waals surface area contributed by atoms with Crippen molar-refractivity contribution < 1.29 is 4.79 Å². The Morgan fingerprint density at radius 1 is 0.966 bits per heavy atom. The van der Waals surface area contributed by atoms with Gasteiger partial charge in [0.25, 0.3) is 5.91 Å². The van der Waals surface area contributed by atoms with Crippen LogP contribution >= 0.6 is 0 Å². The van der Waals surface area contributed by atoms with Gasteiger partial charge in [-0.2, -0.15) is 0 Å². The predicted octanol–water partition coefficient (Wildman–Crippen LogP) is 3.04. The van der Waals surface area contributed by atoms with E-state index in [1.165, 1.54) is 11.3 Å². The summed E-state index contributed by atoms with van der Waals surface area (Å²) in [6.07, 6.45) is 5.16. The van der Waals surface area contributed by atoms with Gasteiger partial charge in [-0.25, -0.2) is 4.98 Å². The Bertz CT molecular complexity index is 968. The van der Waals surface area contributed by atoms with Gasteiger partial charge in [0.2, 0.25) is 0 Å². The average Bonchev–Trinajstić information content (AvgIpc) is 2.78. The summed E-state index contributed by atoms with van der Waals surface area (Å²) in [4.78, 5) is 25.7. The number of benzene rings is 1. The third-order valence-electron chi connectivity index (χ3n) is 5.18. The number of hydrogen-bond donors (Lipinski definition) is 1. The number of nitrogens with one attached hydrogen (secondary N) is 1. The maximum Gasteiger partial charge on any atom is 0.251 e. The minimum Gasteiger partial charge on any atom is -0.368 e. The molecule has 29 heavy (non-hydrogen) atoms. The molecule has 1 saturated heterocycles. The lowest BCUT2D eigenvalue weighted by Crippen LogP contribution is -2.46. The molecule has 1 aliphatic heterocycles. The lowest BCUT2D eigenvalue weighted by molar-refractivity contribution is 0.0951. The fourth-order valence-corrected chi connectivity index (χ4v) is 3.54. The van der Waals surface area contributed by atoms with Crippen molar-refractivity contribution >= 4 is 17.4 Å². The first-order valence-corrected chi connectivity index (χ1v) is 9.89. The van der Waals surface area contributed by atoms with Crippen LogP contribution in [0, 0.1) is 6.92 Å². The zero-order valence-corrected chi connectivity index (χ0v) is 16.6. The van der Waals surface area contributed by atoms with Crippen LogP contribution in [-0.4, -0.2) is 42.1 Å². The molecule has 0 radical (unpaired) electrons. The zero-order valence-electron chi connectivity index (χ0n) is 16.6. The standard InChI is InChI=1S/C23H25N5O/c1-18-3-2-4-21(15-18)27-11-13-28(14-12-27)22-16-20(7-10-25-22)23(29)26-17-19-5-8-24-9-6-19/h2-10,15-16H,11-14,17H2,1H3,(H,26,29). The normalized spacial score (nSPS) is 14.0. The fraction of sp³-hybridized carbons (Fsp3) is 0.261. The van der Waals surface area contributed by atoms with E-state index in [4.69, 9.17) is 0 Å². The number of carbonyl (C=O) groups excluding carboxylic acids is 1. The number of aryl methyl sites for hydroxylation is 1. The molecule has 0 unspecified atom stereocenters. The van der Waals surface area contributed by atoms with Crippen LogP contribution in [-0.2, 0) is 6.54 Å². The first-order chi connectivity index (χ1) is 14.2. The van der Waals surface area contributed by atoms with Crippen molar-refractivity contribution in [1.29, 1.82) is 0 Å². The Morgan fingerprint density at radius 2 is 1.72 bits per heavy atom. The van der Waals surface area contributed by atoms with E-state index in [1.54, 1.807) is 24.7 Å². The van der Waals surface area contributed by atoms with E-state index in [2.05, 4.69) is 56.3 Å². The summed E-state index contributed by atoms with van der Waals surface area (Å²) in [5.74, 6) is 0.759. The summed E-state index contributed by atoms with van der Waals surface area (Å²) >= 11 is 0. The molecule has 0 aliphatic carbocycles. The SMILES string of the molecule is Cc1cccc(N2CCN(c3cc(C(=O)NCc4ccncc4)ccn3)CC2)c1. The molecule has 1 amide bonds. The van der Waals surface area contributed by atoms with Crippen LogP contribution in [0.4, 0.5) is 11.5 Å². The second-order valence-electron chi connectivity index (χ2n) is 7.25. The number of amides is 1. The van der Waals surface area contributed by atoms with E-state index in [9.17, 15) is 4.79 Å². The fourth-order valence-electron chi connectivity index (χ4n) is 3.54. The second kappa shape index (κ2) is 8.73. The third kappa shape index (κ3) is 4.71. The van der Waals surface area contributed by atoms with E-state index >= 15 is 0 Å². The highest BCUT2D eigenvalue weighted by molar-refractivity contribution is 5.94. The van der Waals surface area contributed by atoms with Crippen molar-refractivity contribution in [1.82, 2.24) is 15.3 Å². The third-order valence-corrected chi connectivity index (χ3v) is 5.18. The largest absolute Gasteiger partial charge is 0.368 e. The van der Waals surface area contributed by atoms with Gasteiger partial charge >= 0.3 is 0 Å². The molecule has 0 bridgehead atoms. The number of rotatable bonds is 5. The average molecular weight is 387 g/mol. The first-order valence-electron chi connectivity index (χ1n) is 9.89. The van der Waals surface area contributed by atoms with Crippen LogP contribution in [0.2, 0.25) is 0 Å². The van der Waals surface area contributed by atoms with Crippen molar-refractivity contribution in [2.24, 2.45) is 0 Å². The van der Waals surface area contributed by atoms with E-state index in [-0.39, 0.29) is 5.91 Å². The summed E-state index contributed by atoms with van der Waals surface area (Å²) in [5, 5.41) is 2.96. The first kappa shape index (κ1) is 18.9. The maximum absolute atomic E-state index is 12.5. The second-order valence-corrected chi connectivity index (χ2v) is 7.25. The van der Waals surface area contributed by atoms with Crippen molar-refractivity contribution in [3.8, 4) is 0 Å². The molecule has 1 aliphatic rings. The highest BCUT2D eigenvalue weighted by Crippen LogP contribution is 2.20. The van der Waals surface area contributed by atoms with Gasteiger partial charge in [-0.15, -0.1) is 0 Å². The van der Waals surface area contributed by atoms with Gasteiger partial charge in [0, 0.05) is 62.6 Å². The summed E-state index contributed by atoms with van der Waals surface area (Å²) in [5.41, 5.74) is 4.19.